The van der Waals surface area contributed by atoms with E-state index in [4.69, 9.17) is 19.8 Å². The average molecular weight is 301 g/mol. The molecular formula is C13H19NO5S. The topological polar surface area (TPSA) is 98.9 Å². The van der Waals surface area contributed by atoms with Crippen molar-refractivity contribution in [2.24, 2.45) is 5.73 Å². The number of nitrogens with two attached hydrogens (primary N) is 1. The van der Waals surface area contributed by atoms with E-state index in [0.717, 1.165) is 5.56 Å². The fraction of sp³-hybridized carbons (Fsp3) is 0.462. The molecule has 0 saturated carbocycles. The third-order valence-electron chi connectivity index (χ3n) is 2.99. The molecule has 1 rings (SSSR count). The van der Waals surface area contributed by atoms with Crippen molar-refractivity contribution in [1.29, 1.82) is 0 Å². The van der Waals surface area contributed by atoms with Crippen molar-refractivity contribution in [3.8, 4) is 5.75 Å². The van der Waals surface area contributed by atoms with Gasteiger partial charge in [0.1, 0.15) is 18.4 Å². The van der Waals surface area contributed by atoms with Gasteiger partial charge in [0.2, 0.25) is 0 Å². The van der Waals surface area contributed by atoms with E-state index in [0.29, 0.717) is 5.75 Å². The number of ether oxygens (including phenoxy) is 2. The van der Waals surface area contributed by atoms with Crippen LogP contribution in [0.1, 0.15) is 19.4 Å². The van der Waals surface area contributed by atoms with Crippen LogP contribution in [-0.2, 0) is 27.2 Å². The molecule has 20 heavy (non-hydrogen) atoms. The van der Waals surface area contributed by atoms with Gasteiger partial charge >= 0.3 is 5.97 Å². The molecule has 0 aliphatic carbocycles. The van der Waals surface area contributed by atoms with Crippen LogP contribution in [0.4, 0.5) is 0 Å². The van der Waals surface area contributed by atoms with E-state index < -0.39 is 27.8 Å². The number of rotatable bonds is 6. The quantitative estimate of drug-likeness (QED) is 0.602. The molecule has 0 bridgehead atoms. The Morgan fingerprint density at radius 2 is 1.95 bits per heavy atom. The summed E-state index contributed by atoms with van der Waals surface area (Å²) in [5.41, 5.74) is 6.43. The summed E-state index contributed by atoms with van der Waals surface area (Å²) < 4.78 is 29.0. The van der Waals surface area contributed by atoms with Crippen LogP contribution in [0.25, 0.3) is 0 Å². The van der Waals surface area contributed by atoms with E-state index in [1.54, 1.807) is 31.4 Å². The van der Waals surface area contributed by atoms with Gasteiger partial charge in [0, 0.05) is 0 Å². The zero-order chi connectivity index (χ0) is 15.3. The zero-order valence-corrected chi connectivity index (χ0v) is 12.5. The maximum atomic E-state index is 11.8. The Kier molecular flexibility index (Phi) is 5.67. The highest BCUT2D eigenvalue weighted by Gasteiger charge is 2.38. The summed E-state index contributed by atoms with van der Waals surface area (Å²) in [4.78, 5) is 11.8. The number of methoxy groups -OCH3 is 1. The second-order valence-corrected chi connectivity index (χ2v) is 6.34. The molecule has 0 aromatic heterocycles. The molecule has 1 aromatic carbocycles. The SMILES string of the molecule is COc1ccc(COC(=O)[C@H](N)C(C)(C)S(=O)O)cc1. The van der Waals surface area contributed by atoms with Gasteiger partial charge in [0.25, 0.3) is 0 Å². The first-order valence-electron chi connectivity index (χ1n) is 5.95. The van der Waals surface area contributed by atoms with E-state index in [1.165, 1.54) is 13.8 Å². The van der Waals surface area contributed by atoms with Gasteiger partial charge in [0.05, 0.1) is 11.9 Å². The molecule has 1 aromatic rings. The molecule has 0 spiro atoms. The molecule has 0 saturated heterocycles. The summed E-state index contributed by atoms with van der Waals surface area (Å²) in [6, 6.07) is 5.83. The minimum Gasteiger partial charge on any atom is -0.497 e. The van der Waals surface area contributed by atoms with Gasteiger partial charge in [-0.05, 0) is 31.5 Å². The van der Waals surface area contributed by atoms with E-state index >= 15 is 0 Å². The van der Waals surface area contributed by atoms with Crippen molar-refractivity contribution in [2.45, 2.75) is 31.2 Å². The molecule has 0 aliphatic rings. The van der Waals surface area contributed by atoms with Crippen molar-refractivity contribution in [3.05, 3.63) is 29.8 Å². The average Bonchev–Trinajstić information content (AvgIpc) is 2.44. The largest absolute Gasteiger partial charge is 0.497 e. The highest BCUT2D eigenvalue weighted by molar-refractivity contribution is 7.80. The van der Waals surface area contributed by atoms with Crippen molar-refractivity contribution in [2.75, 3.05) is 7.11 Å². The Labute approximate surface area is 120 Å². The standard InChI is InChI=1S/C13H19NO5S/c1-13(2,20(16)17)11(14)12(15)19-8-9-4-6-10(18-3)7-5-9/h4-7,11H,8,14H2,1-3H3,(H,16,17)/t11-/m0/s1. The molecule has 1 unspecified atom stereocenters. The van der Waals surface area contributed by atoms with Gasteiger partial charge in [0.15, 0.2) is 11.1 Å². The van der Waals surface area contributed by atoms with Gasteiger partial charge < -0.3 is 19.8 Å². The van der Waals surface area contributed by atoms with Crippen molar-refractivity contribution in [1.82, 2.24) is 0 Å². The first kappa shape index (κ1) is 16.6. The Balaban J connectivity index is 2.60. The van der Waals surface area contributed by atoms with Crippen molar-refractivity contribution < 1.29 is 23.0 Å². The number of carbonyl (C=O) groups excluding carboxylic acids is 1. The smallest absolute Gasteiger partial charge is 0.324 e. The lowest BCUT2D eigenvalue weighted by Gasteiger charge is -2.25. The molecule has 0 heterocycles. The molecule has 0 radical (unpaired) electrons. The van der Waals surface area contributed by atoms with Gasteiger partial charge in [-0.25, -0.2) is 4.21 Å². The van der Waals surface area contributed by atoms with Gasteiger partial charge in [-0.2, -0.15) is 0 Å². The minimum atomic E-state index is -2.22. The summed E-state index contributed by atoms with van der Waals surface area (Å²) in [6.07, 6.45) is 0. The zero-order valence-electron chi connectivity index (χ0n) is 11.7. The molecular weight excluding hydrogens is 282 g/mol. The molecule has 0 fully saturated rings. The highest BCUT2D eigenvalue weighted by Crippen LogP contribution is 2.17. The predicted molar refractivity (Wildman–Crippen MR) is 75.6 cm³/mol. The lowest BCUT2D eigenvalue weighted by atomic mass is 10.0. The number of carbonyl (C=O) groups is 1. The first-order valence-corrected chi connectivity index (χ1v) is 7.05. The summed E-state index contributed by atoms with van der Waals surface area (Å²) in [5.74, 6) is -0.0122. The van der Waals surface area contributed by atoms with E-state index in [1.807, 2.05) is 0 Å². The molecule has 0 aliphatic heterocycles. The monoisotopic (exact) mass is 301 g/mol. The normalized spacial score (nSPS) is 14.4. The number of esters is 1. The third kappa shape index (κ3) is 4.03. The summed E-state index contributed by atoms with van der Waals surface area (Å²) in [7, 11) is 1.56. The van der Waals surface area contributed by atoms with Crippen molar-refractivity contribution >= 4 is 17.0 Å². The van der Waals surface area contributed by atoms with Crippen LogP contribution in [0.5, 0.6) is 5.75 Å². The highest BCUT2D eigenvalue weighted by atomic mass is 32.2. The van der Waals surface area contributed by atoms with E-state index in [2.05, 4.69) is 0 Å². The van der Waals surface area contributed by atoms with Gasteiger partial charge in [-0.3, -0.25) is 4.79 Å². The Hall–Kier alpha value is -1.44. The number of hydrogen-bond donors (Lipinski definition) is 2. The molecule has 112 valence electrons. The van der Waals surface area contributed by atoms with Crippen LogP contribution < -0.4 is 10.5 Å². The Morgan fingerprint density at radius 3 is 2.40 bits per heavy atom. The lowest BCUT2D eigenvalue weighted by molar-refractivity contribution is -0.147. The lowest BCUT2D eigenvalue weighted by Crippen LogP contribution is -2.52. The van der Waals surface area contributed by atoms with E-state index in [-0.39, 0.29) is 6.61 Å². The van der Waals surface area contributed by atoms with Gasteiger partial charge in [-0.1, -0.05) is 12.1 Å². The Bertz CT molecular complexity index is 486. The van der Waals surface area contributed by atoms with Crippen LogP contribution in [0, 0.1) is 0 Å². The van der Waals surface area contributed by atoms with E-state index in [9.17, 15) is 9.00 Å². The van der Waals surface area contributed by atoms with Crippen LogP contribution in [0.3, 0.4) is 0 Å². The summed E-state index contributed by atoms with van der Waals surface area (Å²) in [5, 5.41) is 0. The maximum absolute atomic E-state index is 11.8. The Morgan fingerprint density at radius 1 is 1.40 bits per heavy atom. The predicted octanol–water partition coefficient (Wildman–Crippen LogP) is 1.07. The molecule has 2 atom stereocenters. The fourth-order valence-electron chi connectivity index (χ4n) is 1.36. The number of hydrogen-bond acceptors (Lipinski definition) is 5. The van der Waals surface area contributed by atoms with Crippen molar-refractivity contribution in [3.63, 3.8) is 0 Å². The summed E-state index contributed by atoms with van der Waals surface area (Å²) in [6.45, 7) is 2.91. The molecule has 0 amide bonds. The fourth-order valence-corrected chi connectivity index (χ4v) is 1.67. The second kappa shape index (κ2) is 6.83. The van der Waals surface area contributed by atoms with Crippen LogP contribution in [-0.4, -0.2) is 32.6 Å². The second-order valence-electron chi connectivity index (χ2n) is 4.79. The third-order valence-corrected chi connectivity index (χ3v) is 4.15. The molecule has 6 nitrogen and oxygen atoms in total. The van der Waals surface area contributed by atoms with Crippen LogP contribution in [0.2, 0.25) is 0 Å². The van der Waals surface area contributed by atoms with Crippen LogP contribution >= 0.6 is 0 Å². The molecule has 7 heteroatoms. The summed E-state index contributed by atoms with van der Waals surface area (Å²) >= 11 is -2.22. The van der Waals surface area contributed by atoms with Gasteiger partial charge in [-0.15, -0.1) is 0 Å². The maximum Gasteiger partial charge on any atom is 0.324 e. The minimum absolute atomic E-state index is 0.0463. The molecule has 3 N–H and O–H groups in total. The number of benzene rings is 1. The van der Waals surface area contributed by atoms with Crippen LogP contribution in [0.15, 0.2) is 24.3 Å². The first-order chi connectivity index (χ1) is 9.28.